The zero-order valence-electron chi connectivity index (χ0n) is 10.5. The quantitative estimate of drug-likeness (QED) is 0.728. The number of hydrogen-bond acceptors (Lipinski definition) is 2. The first kappa shape index (κ1) is 13.8. The highest BCUT2D eigenvalue weighted by atomic mass is 127. The lowest BCUT2D eigenvalue weighted by Crippen LogP contribution is -2.24. The average Bonchev–Trinajstić information content (AvgIpc) is 2.77. The van der Waals surface area contributed by atoms with Crippen LogP contribution in [0.25, 0.3) is 0 Å². The maximum Gasteiger partial charge on any atom is 0.0656 e. The van der Waals surface area contributed by atoms with Gasteiger partial charge in [-0.1, -0.05) is 39.0 Å². The lowest BCUT2D eigenvalue weighted by Gasteiger charge is -2.26. The van der Waals surface area contributed by atoms with Crippen molar-refractivity contribution in [2.24, 2.45) is 5.92 Å². The monoisotopic (exact) mass is 363 g/mol. The van der Waals surface area contributed by atoms with E-state index in [0.717, 1.165) is 12.5 Å². The second-order valence-electron chi connectivity index (χ2n) is 5.03. The summed E-state index contributed by atoms with van der Waals surface area (Å²) in [4.78, 5) is 0. The minimum absolute atomic E-state index is 0.586. The molecule has 1 aliphatic carbocycles. The summed E-state index contributed by atoms with van der Waals surface area (Å²) >= 11 is 4.29. The van der Waals surface area contributed by atoms with Crippen LogP contribution in [-0.4, -0.2) is 6.54 Å². The van der Waals surface area contributed by atoms with Gasteiger partial charge in [0.25, 0.3) is 0 Å². The number of hydrogen-bond donors (Lipinski definition) is 1. The van der Waals surface area contributed by atoms with E-state index in [-0.39, 0.29) is 0 Å². The van der Waals surface area contributed by atoms with Crippen molar-refractivity contribution in [1.29, 1.82) is 0 Å². The summed E-state index contributed by atoms with van der Waals surface area (Å²) in [6.07, 6.45) is 8.58. The molecule has 1 N–H and O–H groups in total. The van der Waals surface area contributed by atoms with Crippen LogP contribution in [0.2, 0.25) is 0 Å². The molecule has 96 valence electrons. The molecule has 3 heteroatoms. The Balaban J connectivity index is 1.96. The Hall–Kier alpha value is 0.390. The van der Waals surface area contributed by atoms with E-state index in [1.54, 1.807) is 0 Å². The lowest BCUT2D eigenvalue weighted by atomic mass is 9.84. The molecule has 1 aromatic heterocycles. The zero-order chi connectivity index (χ0) is 12.1. The Morgan fingerprint density at radius 2 is 2.18 bits per heavy atom. The van der Waals surface area contributed by atoms with Crippen molar-refractivity contribution in [2.75, 3.05) is 6.54 Å². The number of nitrogens with one attached hydrogen (secondary N) is 1. The Morgan fingerprint density at radius 3 is 2.76 bits per heavy atom. The van der Waals surface area contributed by atoms with Crippen LogP contribution in [0.3, 0.4) is 0 Å². The summed E-state index contributed by atoms with van der Waals surface area (Å²) in [7, 11) is 0. The van der Waals surface area contributed by atoms with Gasteiger partial charge in [-0.15, -0.1) is 11.3 Å². The van der Waals surface area contributed by atoms with E-state index >= 15 is 0 Å². The fourth-order valence-corrected chi connectivity index (χ4v) is 4.27. The molecule has 1 heterocycles. The summed E-state index contributed by atoms with van der Waals surface area (Å²) < 4.78 is 1.41. The van der Waals surface area contributed by atoms with E-state index < -0.39 is 0 Å². The molecular formula is C14H22INS. The van der Waals surface area contributed by atoms with E-state index in [2.05, 4.69) is 46.3 Å². The second-order valence-corrected chi connectivity index (χ2v) is 7.84. The third kappa shape index (κ3) is 4.21. The van der Waals surface area contributed by atoms with Crippen molar-refractivity contribution in [3.63, 3.8) is 0 Å². The number of halogens is 1. The molecule has 0 radical (unpaired) electrons. The number of thiophene rings is 1. The molecule has 0 aliphatic heterocycles. The van der Waals surface area contributed by atoms with Crippen molar-refractivity contribution in [3.05, 3.63) is 19.9 Å². The van der Waals surface area contributed by atoms with Gasteiger partial charge in [-0.05, 0) is 58.5 Å². The molecule has 1 saturated carbocycles. The fourth-order valence-electron chi connectivity index (χ4n) is 2.85. The van der Waals surface area contributed by atoms with Crippen LogP contribution < -0.4 is 5.32 Å². The standard InChI is InChI=1S/C14H22INS/c1-2-16-13(12-9-14(15)17-10-12)8-11-6-4-3-5-7-11/h9-11,13,16H,2-8H2,1H3. The van der Waals surface area contributed by atoms with Gasteiger partial charge in [0.15, 0.2) is 0 Å². The van der Waals surface area contributed by atoms with E-state index in [4.69, 9.17) is 0 Å². The van der Waals surface area contributed by atoms with Crippen molar-refractivity contribution < 1.29 is 0 Å². The van der Waals surface area contributed by atoms with Gasteiger partial charge in [0.1, 0.15) is 0 Å². The van der Waals surface area contributed by atoms with Crippen molar-refractivity contribution in [3.8, 4) is 0 Å². The molecule has 1 nitrogen and oxygen atoms in total. The fraction of sp³-hybridized carbons (Fsp3) is 0.714. The van der Waals surface area contributed by atoms with Gasteiger partial charge in [-0.2, -0.15) is 0 Å². The van der Waals surface area contributed by atoms with Gasteiger partial charge in [-0.3, -0.25) is 0 Å². The van der Waals surface area contributed by atoms with E-state index in [1.807, 2.05) is 11.3 Å². The normalized spacial score (nSPS) is 19.4. The molecule has 0 bridgehead atoms. The molecule has 0 saturated heterocycles. The second kappa shape index (κ2) is 7.10. The first-order valence-electron chi connectivity index (χ1n) is 6.77. The minimum atomic E-state index is 0.586. The highest BCUT2D eigenvalue weighted by Crippen LogP contribution is 2.33. The number of rotatable bonds is 5. The van der Waals surface area contributed by atoms with Crippen molar-refractivity contribution >= 4 is 33.9 Å². The molecule has 1 atom stereocenters. The van der Waals surface area contributed by atoms with E-state index in [0.29, 0.717) is 6.04 Å². The van der Waals surface area contributed by atoms with Gasteiger partial charge in [0.2, 0.25) is 0 Å². The highest BCUT2D eigenvalue weighted by Gasteiger charge is 2.20. The van der Waals surface area contributed by atoms with Crippen LogP contribution in [0.15, 0.2) is 11.4 Å². The molecule has 1 unspecified atom stereocenters. The van der Waals surface area contributed by atoms with Crippen LogP contribution in [0.5, 0.6) is 0 Å². The molecule has 17 heavy (non-hydrogen) atoms. The van der Waals surface area contributed by atoms with Gasteiger partial charge >= 0.3 is 0 Å². The Morgan fingerprint density at radius 1 is 1.41 bits per heavy atom. The summed E-state index contributed by atoms with van der Waals surface area (Å²) in [5, 5.41) is 5.99. The first-order valence-corrected chi connectivity index (χ1v) is 8.72. The summed E-state index contributed by atoms with van der Waals surface area (Å²) in [6, 6.07) is 2.93. The maximum atomic E-state index is 3.66. The smallest absolute Gasteiger partial charge is 0.0656 e. The average molecular weight is 363 g/mol. The molecule has 0 spiro atoms. The third-order valence-electron chi connectivity index (χ3n) is 3.73. The minimum Gasteiger partial charge on any atom is -0.310 e. The molecule has 2 rings (SSSR count). The summed E-state index contributed by atoms with van der Waals surface area (Å²) in [5.41, 5.74) is 1.51. The van der Waals surface area contributed by atoms with Gasteiger partial charge in [0, 0.05) is 6.04 Å². The zero-order valence-corrected chi connectivity index (χ0v) is 13.5. The molecule has 0 aromatic carbocycles. The highest BCUT2D eigenvalue weighted by molar-refractivity contribution is 14.1. The van der Waals surface area contributed by atoms with Gasteiger partial charge in [0.05, 0.1) is 2.88 Å². The molecular weight excluding hydrogens is 341 g/mol. The summed E-state index contributed by atoms with van der Waals surface area (Å²) in [5.74, 6) is 0.949. The van der Waals surface area contributed by atoms with E-state index in [1.165, 1.54) is 47.0 Å². The predicted octanol–water partition coefficient (Wildman–Crippen LogP) is 4.97. The predicted molar refractivity (Wildman–Crippen MR) is 84.6 cm³/mol. The molecule has 1 fully saturated rings. The SMILES string of the molecule is CCNC(CC1CCCCC1)c1csc(I)c1. The summed E-state index contributed by atoms with van der Waals surface area (Å²) in [6.45, 7) is 3.29. The Bertz CT molecular complexity index is 331. The van der Waals surface area contributed by atoms with Crippen LogP contribution in [0.1, 0.15) is 57.1 Å². The van der Waals surface area contributed by atoms with Gasteiger partial charge in [-0.25, -0.2) is 0 Å². The molecule has 1 aliphatic rings. The van der Waals surface area contributed by atoms with Gasteiger partial charge < -0.3 is 5.32 Å². The maximum absolute atomic E-state index is 3.66. The van der Waals surface area contributed by atoms with Crippen LogP contribution in [0, 0.1) is 8.80 Å². The van der Waals surface area contributed by atoms with Crippen LogP contribution in [-0.2, 0) is 0 Å². The topological polar surface area (TPSA) is 12.0 Å². The van der Waals surface area contributed by atoms with Crippen molar-refractivity contribution in [2.45, 2.75) is 51.5 Å². The third-order valence-corrected chi connectivity index (χ3v) is 5.54. The first-order chi connectivity index (χ1) is 8.29. The van der Waals surface area contributed by atoms with Crippen molar-refractivity contribution in [1.82, 2.24) is 5.32 Å². The van der Waals surface area contributed by atoms with E-state index in [9.17, 15) is 0 Å². The van der Waals surface area contributed by atoms with Crippen LogP contribution in [0.4, 0.5) is 0 Å². The van der Waals surface area contributed by atoms with Crippen LogP contribution >= 0.6 is 33.9 Å². The largest absolute Gasteiger partial charge is 0.310 e. The molecule has 0 amide bonds. The Labute approximate surface area is 123 Å². The molecule has 1 aromatic rings. The lowest BCUT2D eigenvalue weighted by molar-refractivity contribution is 0.302. The Kier molecular flexibility index (Phi) is 5.77.